The Labute approximate surface area is 99.4 Å². The highest BCUT2D eigenvalue weighted by atomic mass is 32.2. The Morgan fingerprint density at radius 1 is 1.25 bits per heavy atom. The Morgan fingerprint density at radius 2 is 1.88 bits per heavy atom. The summed E-state index contributed by atoms with van der Waals surface area (Å²) in [6, 6.07) is 5.86. The van der Waals surface area contributed by atoms with Gasteiger partial charge in [-0.15, -0.1) is 0 Å². The predicted octanol–water partition coefficient (Wildman–Crippen LogP) is 3.54. The first-order chi connectivity index (χ1) is 7.75. The molecule has 0 N–H and O–H groups in total. The fraction of sp³-hybridized carbons (Fsp3) is 0.462. The van der Waals surface area contributed by atoms with Crippen LogP contribution in [0.1, 0.15) is 29.6 Å². The van der Waals surface area contributed by atoms with Crippen molar-refractivity contribution in [3.05, 3.63) is 35.6 Å². The van der Waals surface area contributed by atoms with Gasteiger partial charge in [0.2, 0.25) is 0 Å². The third-order valence-electron chi connectivity index (χ3n) is 2.98. The van der Waals surface area contributed by atoms with Crippen molar-refractivity contribution in [2.45, 2.75) is 19.3 Å². The Kier molecular flexibility index (Phi) is 3.99. The van der Waals surface area contributed by atoms with Gasteiger partial charge in [-0.25, -0.2) is 4.39 Å². The molecule has 2 rings (SSSR count). The van der Waals surface area contributed by atoms with E-state index in [1.54, 1.807) is 12.1 Å². The number of benzene rings is 1. The molecule has 0 spiro atoms. The van der Waals surface area contributed by atoms with Gasteiger partial charge in [-0.2, -0.15) is 11.8 Å². The molecule has 0 aromatic heterocycles. The fourth-order valence-corrected chi connectivity index (χ4v) is 3.17. The van der Waals surface area contributed by atoms with Crippen molar-refractivity contribution in [1.82, 2.24) is 0 Å². The van der Waals surface area contributed by atoms with E-state index in [4.69, 9.17) is 0 Å². The number of Topliss-reactive ketones (excluding diaryl/α,β-unsaturated/α-hetero) is 1. The summed E-state index contributed by atoms with van der Waals surface area (Å²) in [4.78, 5) is 11.9. The molecule has 16 heavy (non-hydrogen) atoms. The largest absolute Gasteiger partial charge is 0.294 e. The highest BCUT2D eigenvalue weighted by molar-refractivity contribution is 7.99. The van der Waals surface area contributed by atoms with E-state index in [1.807, 2.05) is 11.8 Å². The van der Waals surface area contributed by atoms with Gasteiger partial charge in [0, 0.05) is 12.0 Å². The molecule has 86 valence electrons. The highest BCUT2D eigenvalue weighted by Gasteiger charge is 2.18. The van der Waals surface area contributed by atoms with Crippen molar-refractivity contribution in [3.63, 3.8) is 0 Å². The van der Waals surface area contributed by atoms with Gasteiger partial charge in [-0.05, 0) is 54.5 Å². The minimum atomic E-state index is -0.286. The fourth-order valence-electron chi connectivity index (χ4n) is 1.97. The number of ketones is 1. The van der Waals surface area contributed by atoms with Crippen molar-refractivity contribution >= 4 is 17.5 Å². The lowest BCUT2D eigenvalue weighted by molar-refractivity contribution is 0.0958. The normalized spacial score (nSPS) is 17.3. The van der Waals surface area contributed by atoms with Crippen LogP contribution in [0, 0.1) is 11.7 Å². The first-order valence-corrected chi connectivity index (χ1v) is 6.77. The van der Waals surface area contributed by atoms with E-state index >= 15 is 0 Å². The van der Waals surface area contributed by atoms with E-state index in [0.717, 1.165) is 12.8 Å². The maximum Gasteiger partial charge on any atom is 0.163 e. The molecule has 0 bridgehead atoms. The number of thioether (sulfide) groups is 1. The molecule has 0 radical (unpaired) electrons. The minimum absolute atomic E-state index is 0.150. The second-order valence-corrected chi connectivity index (χ2v) is 5.41. The van der Waals surface area contributed by atoms with Gasteiger partial charge in [-0.3, -0.25) is 4.79 Å². The zero-order chi connectivity index (χ0) is 11.4. The quantitative estimate of drug-likeness (QED) is 0.749. The van der Waals surface area contributed by atoms with Gasteiger partial charge in [0.15, 0.2) is 5.78 Å². The predicted molar refractivity (Wildman–Crippen MR) is 65.4 cm³/mol. The van der Waals surface area contributed by atoms with E-state index in [-0.39, 0.29) is 11.6 Å². The number of carbonyl (C=O) groups is 1. The molecule has 1 aromatic rings. The smallest absolute Gasteiger partial charge is 0.163 e. The number of hydrogen-bond acceptors (Lipinski definition) is 2. The Balaban J connectivity index is 1.94. The van der Waals surface area contributed by atoms with Crippen LogP contribution in [0.2, 0.25) is 0 Å². The maximum absolute atomic E-state index is 12.7. The summed E-state index contributed by atoms with van der Waals surface area (Å²) in [7, 11) is 0. The van der Waals surface area contributed by atoms with Gasteiger partial charge >= 0.3 is 0 Å². The Bertz CT molecular complexity index is 355. The van der Waals surface area contributed by atoms with Crippen LogP contribution in [0.4, 0.5) is 4.39 Å². The summed E-state index contributed by atoms with van der Waals surface area (Å²) < 4.78 is 12.7. The second kappa shape index (κ2) is 5.48. The van der Waals surface area contributed by atoms with Gasteiger partial charge in [0.1, 0.15) is 5.82 Å². The van der Waals surface area contributed by atoms with Crippen LogP contribution in [0.3, 0.4) is 0 Å². The summed E-state index contributed by atoms with van der Waals surface area (Å²) in [5.74, 6) is 2.73. The van der Waals surface area contributed by atoms with Crippen molar-refractivity contribution in [2.75, 3.05) is 11.5 Å². The average molecular weight is 238 g/mol. The monoisotopic (exact) mass is 238 g/mol. The molecular formula is C13H15FOS. The SMILES string of the molecule is O=C(CC1CCSCC1)c1ccc(F)cc1. The minimum Gasteiger partial charge on any atom is -0.294 e. The molecule has 1 nitrogen and oxygen atoms in total. The average Bonchev–Trinajstić information content (AvgIpc) is 2.31. The molecule has 0 atom stereocenters. The topological polar surface area (TPSA) is 17.1 Å². The summed E-state index contributed by atoms with van der Waals surface area (Å²) in [6.07, 6.45) is 2.89. The van der Waals surface area contributed by atoms with Crippen molar-refractivity contribution in [2.24, 2.45) is 5.92 Å². The Hall–Kier alpha value is -0.830. The van der Waals surface area contributed by atoms with E-state index in [1.165, 1.54) is 23.6 Å². The molecule has 1 heterocycles. The van der Waals surface area contributed by atoms with Crippen molar-refractivity contribution in [3.8, 4) is 0 Å². The van der Waals surface area contributed by atoms with E-state index in [0.29, 0.717) is 17.9 Å². The summed E-state index contributed by atoms with van der Waals surface area (Å²) in [5, 5.41) is 0. The van der Waals surface area contributed by atoms with Gasteiger partial charge < -0.3 is 0 Å². The molecule has 0 amide bonds. The lowest BCUT2D eigenvalue weighted by Crippen LogP contribution is -2.14. The van der Waals surface area contributed by atoms with Crippen molar-refractivity contribution in [1.29, 1.82) is 0 Å². The molecule has 1 fully saturated rings. The first-order valence-electron chi connectivity index (χ1n) is 5.62. The van der Waals surface area contributed by atoms with Crippen molar-refractivity contribution < 1.29 is 9.18 Å². The molecular weight excluding hydrogens is 223 g/mol. The number of hydrogen-bond donors (Lipinski definition) is 0. The number of halogens is 1. The van der Waals surface area contributed by atoms with Gasteiger partial charge in [0.25, 0.3) is 0 Å². The van der Waals surface area contributed by atoms with Gasteiger partial charge in [-0.1, -0.05) is 0 Å². The summed E-state index contributed by atoms with van der Waals surface area (Å²) in [5.41, 5.74) is 0.639. The molecule has 0 saturated carbocycles. The summed E-state index contributed by atoms with van der Waals surface area (Å²) in [6.45, 7) is 0. The van der Waals surface area contributed by atoms with E-state index < -0.39 is 0 Å². The summed E-state index contributed by atoms with van der Waals surface area (Å²) >= 11 is 1.96. The van der Waals surface area contributed by atoms with Crippen LogP contribution < -0.4 is 0 Å². The van der Waals surface area contributed by atoms with Crippen LogP contribution >= 0.6 is 11.8 Å². The lowest BCUT2D eigenvalue weighted by atomic mass is 9.93. The molecule has 1 saturated heterocycles. The molecule has 0 unspecified atom stereocenters. The highest BCUT2D eigenvalue weighted by Crippen LogP contribution is 2.26. The molecule has 1 aliphatic heterocycles. The van der Waals surface area contributed by atoms with Gasteiger partial charge in [0.05, 0.1) is 0 Å². The van der Waals surface area contributed by atoms with Crippen LogP contribution in [-0.2, 0) is 0 Å². The van der Waals surface area contributed by atoms with Crippen LogP contribution in [0.25, 0.3) is 0 Å². The molecule has 0 aliphatic carbocycles. The molecule has 1 aromatic carbocycles. The third-order valence-corrected chi connectivity index (χ3v) is 4.03. The Morgan fingerprint density at radius 3 is 2.50 bits per heavy atom. The zero-order valence-corrected chi connectivity index (χ0v) is 9.93. The molecule has 1 aliphatic rings. The number of carbonyl (C=O) groups excluding carboxylic acids is 1. The number of rotatable bonds is 3. The van der Waals surface area contributed by atoms with Crippen LogP contribution in [0.5, 0.6) is 0 Å². The zero-order valence-electron chi connectivity index (χ0n) is 9.12. The lowest BCUT2D eigenvalue weighted by Gasteiger charge is -2.20. The van der Waals surface area contributed by atoms with E-state index in [2.05, 4.69) is 0 Å². The third kappa shape index (κ3) is 3.08. The molecule has 3 heteroatoms. The van der Waals surface area contributed by atoms with Crippen LogP contribution in [0.15, 0.2) is 24.3 Å². The van der Waals surface area contributed by atoms with Crippen LogP contribution in [-0.4, -0.2) is 17.3 Å². The van der Waals surface area contributed by atoms with E-state index in [9.17, 15) is 9.18 Å². The maximum atomic E-state index is 12.7. The standard InChI is InChI=1S/C13H15FOS/c14-12-3-1-11(2-4-12)13(15)9-10-5-7-16-8-6-10/h1-4,10H,5-9H2. The first kappa shape index (κ1) is 11.6. The second-order valence-electron chi connectivity index (χ2n) is 4.19.